The molecule has 2 rings (SSSR count). The maximum Gasteiger partial charge on any atom is 0.0998 e. The van der Waals surface area contributed by atoms with Crippen LogP contribution in [0.3, 0.4) is 0 Å². The fraction of sp³-hybridized carbons (Fsp3) is 0.0714. The van der Waals surface area contributed by atoms with Crippen molar-refractivity contribution < 1.29 is 0 Å². The van der Waals surface area contributed by atoms with Gasteiger partial charge in [-0.05, 0) is 22.8 Å². The summed E-state index contributed by atoms with van der Waals surface area (Å²) in [6, 6.07) is 17.9. The fourth-order valence-corrected chi connectivity index (χ4v) is 1.68. The maximum atomic E-state index is 9.11. The van der Waals surface area contributed by atoms with Crippen LogP contribution in [0.1, 0.15) is 11.1 Å². The molecule has 0 saturated heterocycles. The molecule has 3 heteroatoms. The molecule has 2 aromatic rings. The molecule has 0 aliphatic rings. The summed E-state index contributed by atoms with van der Waals surface area (Å²) < 4.78 is 0. The van der Waals surface area contributed by atoms with Gasteiger partial charge < -0.3 is 5.73 Å². The van der Waals surface area contributed by atoms with Crippen LogP contribution in [0.2, 0.25) is 0 Å². The molecule has 2 nitrogen and oxygen atoms in total. The third-order valence-corrected chi connectivity index (χ3v) is 2.52. The van der Waals surface area contributed by atoms with Crippen molar-refractivity contribution in [1.29, 1.82) is 5.26 Å². The highest BCUT2D eigenvalue weighted by Gasteiger charge is 2.04. The van der Waals surface area contributed by atoms with Gasteiger partial charge in [-0.2, -0.15) is 5.26 Å². The van der Waals surface area contributed by atoms with Gasteiger partial charge in [0.1, 0.15) is 0 Å². The molecule has 0 heterocycles. The molecule has 0 unspecified atom stereocenters. The van der Waals surface area contributed by atoms with Crippen molar-refractivity contribution in [3.8, 4) is 17.2 Å². The quantitative estimate of drug-likeness (QED) is 0.883. The van der Waals surface area contributed by atoms with Crippen LogP contribution < -0.4 is 5.73 Å². The highest BCUT2D eigenvalue weighted by molar-refractivity contribution is 5.85. The minimum Gasteiger partial charge on any atom is -0.326 e. The van der Waals surface area contributed by atoms with E-state index in [1.165, 1.54) is 0 Å². The summed E-state index contributed by atoms with van der Waals surface area (Å²) in [5.41, 5.74) is 9.23. The minimum absolute atomic E-state index is 0. The van der Waals surface area contributed by atoms with E-state index in [1.807, 2.05) is 48.5 Å². The summed E-state index contributed by atoms with van der Waals surface area (Å²) in [6.07, 6.45) is 0. The molecular formula is C14H13ClN2. The number of nitriles is 1. The van der Waals surface area contributed by atoms with Gasteiger partial charge in [-0.3, -0.25) is 0 Å². The van der Waals surface area contributed by atoms with E-state index >= 15 is 0 Å². The Balaban J connectivity index is 0.00000144. The molecule has 86 valence electrons. The monoisotopic (exact) mass is 244 g/mol. The highest BCUT2D eigenvalue weighted by Crippen LogP contribution is 2.23. The van der Waals surface area contributed by atoms with E-state index < -0.39 is 0 Å². The Hall–Kier alpha value is -1.82. The van der Waals surface area contributed by atoms with Gasteiger partial charge in [0.05, 0.1) is 11.6 Å². The van der Waals surface area contributed by atoms with Crippen LogP contribution in [-0.2, 0) is 6.54 Å². The summed E-state index contributed by atoms with van der Waals surface area (Å²) in [7, 11) is 0. The Morgan fingerprint density at radius 2 is 1.76 bits per heavy atom. The lowest BCUT2D eigenvalue weighted by Gasteiger charge is -2.05. The van der Waals surface area contributed by atoms with Crippen molar-refractivity contribution in [3.63, 3.8) is 0 Å². The smallest absolute Gasteiger partial charge is 0.0998 e. The van der Waals surface area contributed by atoms with Crippen LogP contribution in [0.5, 0.6) is 0 Å². The number of nitrogens with two attached hydrogens (primary N) is 1. The first-order valence-electron chi connectivity index (χ1n) is 5.13. The van der Waals surface area contributed by atoms with Gasteiger partial charge >= 0.3 is 0 Å². The second kappa shape index (κ2) is 6.05. The molecule has 0 bridgehead atoms. The number of benzene rings is 2. The van der Waals surface area contributed by atoms with E-state index in [0.717, 1.165) is 16.7 Å². The Bertz CT molecular complexity index is 530. The van der Waals surface area contributed by atoms with Gasteiger partial charge in [0.15, 0.2) is 0 Å². The van der Waals surface area contributed by atoms with E-state index in [1.54, 1.807) is 0 Å². The Labute approximate surface area is 107 Å². The lowest BCUT2D eigenvalue weighted by molar-refractivity contribution is 1.07. The number of hydrogen-bond acceptors (Lipinski definition) is 2. The zero-order valence-corrected chi connectivity index (χ0v) is 10.1. The first-order chi connectivity index (χ1) is 7.85. The zero-order valence-electron chi connectivity index (χ0n) is 9.26. The third-order valence-electron chi connectivity index (χ3n) is 2.52. The van der Waals surface area contributed by atoms with Crippen LogP contribution in [-0.4, -0.2) is 0 Å². The molecule has 0 spiro atoms. The van der Waals surface area contributed by atoms with Crippen molar-refractivity contribution in [2.45, 2.75) is 6.54 Å². The second-order valence-corrected chi connectivity index (χ2v) is 3.56. The molecule has 17 heavy (non-hydrogen) atoms. The molecule has 0 aliphatic carbocycles. The molecule has 0 fully saturated rings. The van der Waals surface area contributed by atoms with Gasteiger partial charge in [-0.25, -0.2) is 0 Å². The highest BCUT2D eigenvalue weighted by atomic mass is 35.5. The van der Waals surface area contributed by atoms with Crippen molar-refractivity contribution in [2.75, 3.05) is 0 Å². The average molecular weight is 245 g/mol. The second-order valence-electron chi connectivity index (χ2n) is 3.56. The van der Waals surface area contributed by atoms with Crippen molar-refractivity contribution >= 4 is 12.4 Å². The van der Waals surface area contributed by atoms with Crippen LogP contribution in [0, 0.1) is 11.3 Å². The first kappa shape index (κ1) is 13.2. The van der Waals surface area contributed by atoms with E-state index in [4.69, 9.17) is 11.0 Å². The van der Waals surface area contributed by atoms with Crippen molar-refractivity contribution in [1.82, 2.24) is 0 Å². The maximum absolute atomic E-state index is 9.11. The molecule has 2 N–H and O–H groups in total. The minimum atomic E-state index is 0. The number of rotatable bonds is 2. The lowest BCUT2D eigenvalue weighted by Crippen LogP contribution is -1.97. The number of hydrogen-bond donors (Lipinski definition) is 1. The van der Waals surface area contributed by atoms with Crippen LogP contribution in [0.25, 0.3) is 11.1 Å². The van der Waals surface area contributed by atoms with Crippen LogP contribution in [0.4, 0.5) is 0 Å². The van der Waals surface area contributed by atoms with Gasteiger partial charge in [-0.1, -0.05) is 42.5 Å². The van der Waals surface area contributed by atoms with Crippen LogP contribution >= 0.6 is 12.4 Å². The standard InChI is InChI=1S/C14H12N2.ClH/c15-9-11-6-7-14(13(8-11)10-16)12-4-2-1-3-5-12;/h1-8H,9,15H2;1H. The Morgan fingerprint density at radius 1 is 1.06 bits per heavy atom. The van der Waals surface area contributed by atoms with Gasteiger partial charge in [-0.15, -0.1) is 12.4 Å². The van der Waals surface area contributed by atoms with E-state index in [0.29, 0.717) is 12.1 Å². The largest absolute Gasteiger partial charge is 0.326 e. The summed E-state index contributed by atoms with van der Waals surface area (Å²) in [5.74, 6) is 0. The predicted octanol–water partition coefficient (Wildman–Crippen LogP) is 3.11. The lowest BCUT2D eigenvalue weighted by atomic mass is 9.98. The molecular weight excluding hydrogens is 232 g/mol. The molecule has 0 radical (unpaired) electrons. The van der Waals surface area contributed by atoms with E-state index in [9.17, 15) is 0 Å². The average Bonchev–Trinajstić information content (AvgIpc) is 2.39. The normalized spacial score (nSPS) is 9.18. The Morgan fingerprint density at radius 3 is 2.35 bits per heavy atom. The molecule has 0 aliphatic heterocycles. The number of nitrogens with zero attached hydrogens (tertiary/aromatic N) is 1. The summed E-state index contributed by atoms with van der Waals surface area (Å²) in [6.45, 7) is 0.462. The fourth-order valence-electron chi connectivity index (χ4n) is 1.68. The van der Waals surface area contributed by atoms with Crippen molar-refractivity contribution in [3.05, 3.63) is 59.7 Å². The summed E-state index contributed by atoms with van der Waals surface area (Å²) >= 11 is 0. The summed E-state index contributed by atoms with van der Waals surface area (Å²) in [5, 5.41) is 9.11. The topological polar surface area (TPSA) is 49.8 Å². The van der Waals surface area contributed by atoms with Crippen LogP contribution in [0.15, 0.2) is 48.5 Å². The molecule has 0 aromatic heterocycles. The van der Waals surface area contributed by atoms with E-state index in [-0.39, 0.29) is 12.4 Å². The molecule has 0 amide bonds. The van der Waals surface area contributed by atoms with Gasteiger partial charge in [0.25, 0.3) is 0 Å². The zero-order chi connectivity index (χ0) is 11.4. The number of halogens is 1. The summed E-state index contributed by atoms with van der Waals surface area (Å²) in [4.78, 5) is 0. The van der Waals surface area contributed by atoms with Gasteiger partial charge in [0.2, 0.25) is 0 Å². The van der Waals surface area contributed by atoms with Gasteiger partial charge in [0, 0.05) is 6.54 Å². The molecule has 0 atom stereocenters. The van der Waals surface area contributed by atoms with Crippen molar-refractivity contribution in [2.24, 2.45) is 5.73 Å². The third kappa shape index (κ3) is 2.85. The van der Waals surface area contributed by atoms with E-state index in [2.05, 4.69) is 6.07 Å². The SMILES string of the molecule is Cl.N#Cc1cc(CN)ccc1-c1ccccc1. The predicted molar refractivity (Wildman–Crippen MR) is 71.7 cm³/mol. The molecule has 0 saturated carbocycles. The Kier molecular flexibility index (Phi) is 4.71. The first-order valence-corrected chi connectivity index (χ1v) is 5.13. The molecule has 2 aromatic carbocycles.